The van der Waals surface area contributed by atoms with Gasteiger partial charge in [-0.15, -0.1) is 0 Å². The van der Waals surface area contributed by atoms with Crippen LogP contribution in [0.25, 0.3) is 0 Å². The van der Waals surface area contributed by atoms with Gasteiger partial charge < -0.3 is 10.6 Å². The van der Waals surface area contributed by atoms with Gasteiger partial charge in [-0.2, -0.15) is 11.3 Å². The van der Waals surface area contributed by atoms with E-state index in [0.29, 0.717) is 31.5 Å². The van der Waals surface area contributed by atoms with Crippen LogP contribution in [0.5, 0.6) is 0 Å². The first-order valence-corrected chi connectivity index (χ1v) is 11.0. The summed E-state index contributed by atoms with van der Waals surface area (Å²) in [6.45, 7) is 4.47. The summed E-state index contributed by atoms with van der Waals surface area (Å²) in [4.78, 5) is 26.3. The standard InChI is InChI=1S/C22H29N3O2S/c26-21(5-4-11-23-22(27)20-10-14-28-17-20)24-15-18-6-8-19(9-7-18)16-25-12-2-1-3-13-25/h6-10,14,17H,1-5,11-13,15-16H2,(H,23,27)(H,24,26). The second-order valence-electron chi connectivity index (χ2n) is 7.30. The van der Waals surface area contributed by atoms with Gasteiger partial charge in [-0.25, -0.2) is 0 Å². The van der Waals surface area contributed by atoms with Crippen molar-refractivity contribution in [2.24, 2.45) is 0 Å². The van der Waals surface area contributed by atoms with Crippen LogP contribution in [0.1, 0.15) is 53.6 Å². The number of carbonyl (C=O) groups excluding carboxylic acids is 2. The molecule has 0 unspecified atom stereocenters. The van der Waals surface area contributed by atoms with Gasteiger partial charge in [0.2, 0.25) is 5.91 Å². The summed E-state index contributed by atoms with van der Waals surface area (Å²) >= 11 is 1.50. The number of nitrogens with zero attached hydrogens (tertiary/aromatic N) is 1. The number of thiophene rings is 1. The molecule has 1 aromatic heterocycles. The monoisotopic (exact) mass is 399 g/mol. The Labute approximate surface area is 171 Å². The molecule has 1 aliphatic heterocycles. The van der Waals surface area contributed by atoms with E-state index in [1.807, 2.05) is 10.8 Å². The Morgan fingerprint density at radius 1 is 0.964 bits per heavy atom. The third-order valence-electron chi connectivity index (χ3n) is 5.02. The number of hydrogen-bond acceptors (Lipinski definition) is 4. The van der Waals surface area contributed by atoms with Crippen molar-refractivity contribution in [3.8, 4) is 0 Å². The zero-order valence-electron chi connectivity index (χ0n) is 16.3. The maximum atomic E-state index is 12.0. The summed E-state index contributed by atoms with van der Waals surface area (Å²) in [5, 5.41) is 9.49. The second kappa shape index (κ2) is 11.0. The summed E-state index contributed by atoms with van der Waals surface area (Å²) in [5.41, 5.74) is 3.12. The van der Waals surface area contributed by atoms with Crippen molar-refractivity contribution in [2.45, 2.75) is 45.2 Å². The number of nitrogens with one attached hydrogen (secondary N) is 2. The van der Waals surface area contributed by atoms with E-state index in [1.165, 1.54) is 49.3 Å². The van der Waals surface area contributed by atoms with E-state index in [2.05, 4.69) is 39.8 Å². The zero-order chi connectivity index (χ0) is 19.6. The van der Waals surface area contributed by atoms with Crippen LogP contribution in [0.4, 0.5) is 0 Å². The minimum atomic E-state index is -0.0775. The molecule has 0 bridgehead atoms. The minimum absolute atomic E-state index is 0.0159. The van der Waals surface area contributed by atoms with Gasteiger partial charge in [0.15, 0.2) is 0 Å². The minimum Gasteiger partial charge on any atom is -0.352 e. The fourth-order valence-corrected chi connectivity index (χ4v) is 4.01. The molecule has 1 aliphatic rings. The van der Waals surface area contributed by atoms with Crippen LogP contribution in [0.2, 0.25) is 0 Å². The van der Waals surface area contributed by atoms with Gasteiger partial charge in [0.1, 0.15) is 0 Å². The van der Waals surface area contributed by atoms with E-state index in [-0.39, 0.29) is 11.8 Å². The molecule has 0 saturated carbocycles. The molecule has 28 heavy (non-hydrogen) atoms. The third kappa shape index (κ3) is 6.77. The van der Waals surface area contributed by atoms with Crippen LogP contribution in [-0.2, 0) is 17.9 Å². The molecule has 150 valence electrons. The van der Waals surface area contributed by atoms with E-state index < -0.39 is 0 Å². The van der Waals surface area contributed by atoms with Crippen molar-refractivity contribution in [3.63, 3.8) is 0 Å². The molecular weight excluding hydrogens is 370 g/mol. The summed E-state index contributed by atoms with van der Waals surface area (Å²) in [6.07, 6.45) is 5.02. The lowest BCUT2D eigenvalue weighted by Crippen LogP contribution is -2.29. The molecule has 1 fully saturated rings. The Morgan fingerprint density at radius 2 is 1.71 bits per heavy atom. The third-order valence-corrected chi connectivity index (χ3v) is 5.70. The molecule has 0 radical (unpaired) electrons. The van der Waals surface area contributed by atoms with Gasteiger partial charge in [0.05, 0.1) is 0 Å². The average molecular weight is 400 g/mol. The van der Waals surface area contributed by atoms with Crippen molar-refractivity contribution < 1.29 is 9.59 Å². The maximum Gasteiger partial charge on any atom is 0.252 e. The molecule has 0 spiro atoms. The molecule has 2 heterocycles. The highest BCUT2D eigenvalue weighted by molar-refractivity contribution is 7.08. The molecule has 6 heteroatoms. The lowest BCUT2D eigenvalue weighted by Gasteiger charge is -2.26. The number of amides is 2. The van der Waals surface area contributed by atoms with Gasteiger partial charge in [0.25, 0.3) is 5.91 Å². The molecular formula is C22H29N3O2S. The van der Waals surface area contributed by atoms with E-state index in [0.717, 1.165) is 12.1 Å². The van der Waals surface area contributed by atoms with Crippen molar-refractivity contribution in [1.29, 1.82) is 0 Å². The molecule has 2 aromatic rings. The smallest absolute Gasteiger partial charge is 0.252 e. The second-order valence-corrected chi connectivity index (χ2v) is 8.08. The quantitative estimate of drug-likeness (QED) is 0.634. The van der Waals surface area contributed by atoms with Gasteiger partial charge in [0, 0.05) is 37.0 Å². The Morgan fingerprint density at radius 3 is 2.43 bits per heavy atom. The van der Waals surface area contributed by atoms with Crippen LogP contribution in [0, 0.1) is 0 Å². The van der Waals surface area contributed by atoms with E-state index in [4.69, 9.17) is 0 Å². The largest absolute Gasteiger partial charge is 0.352 e. The molecule has 3 rings (SSSR count). The van der Waals surface area contributed by atoms with E-state index in [1.54, 1.807) is 6.07 Å². The number of piperidine rings is 1. The average Bonchev–Trinajstić information content (AvgIpc) is 3.26. The Balaban J connectivity index is 1.30. The Kier molecular flexibility index (Phi) is 8.06. The highest BCUT2D eigenvalue weighted by atomic mass is 32.1. The molecule has 2 amide bonds. The van der Waals surface area contributed by atoms with Gasteiger partial charge >= 0.3 is 0 Å². The van der Waals surface area contributed by atoms with Gasteiger partial charge in [-0.3, -0.25) is 14.5 Å². The zero-order valence-corrected chi connectivity index (χ0v) is 17.1. The fraction of sp³-hybridized carbons (Fsp3) is 0.455. The normalized spacial score (nSPS) is 14.6. The first-order chi connectivity index (χ1) is 13.7. The fourth-order valence-electron chi connectivity index (χ4n) is 3.37. The molecule has 0 atom stereocenters. The van der Waals surface area contributed by atoms with Gasteiger partial charge in [-0.05, 0) is 54.9 Å². The highest BCUT2D eigenvalue weighted by Gasteiger charge is 2.10. The maximum absolute atomic E-state index is 12.0. The Hall–Kier alpha value is -2.18. The van der Waals surface area contributed by atoms with Crippen molar-refractivity contribution in [1.82, 2.24) is 15.5 Å². The first-order valence-electron chi connectivity index (χ1n) is 10.1. The lowest BCUT2D eigenvalue weighted by molar-refractivity contribution is -0.121. The molecule has 5 nitrogen and oxygen atoms in total. The summed E-state index contributed by atoms with van der Waals surface area (Å²) in [5.74, 6) is -0.0616. The summed E-state index contributed by atoms with van der Waals surface area (Å²) < 4.78 is 0. The van der Waals surface area contributed by atoms with Crippen LogP contribution in [0.15, 0.2) is 41.1 Å². The van der Waals surface area contributed by atoms with Crippen molar-refractivity contribution >= 4 is 23.2 Å². The van der Waals surface area contributed by atoms with E-state index >= 15 is 0 Å². The molecule has 2 N–H and O–H groups in total. The van der Waals surface area contributed by atoms with Crippen molar-refractivity contribution in [3.05, 3.63) is 57.8 Å². The lowest BCUT2D eigenvalue weighted by atomic mass is 10.1. The predicted molar refractivity (Wildman–Crippen MR) is 113 cm³/mol. The van der Waals surface area contributed by atoms with Crippen LogP contribution >= 0.6 is 11.3 Å². The summed E-state index contributed by atoms with van der Waals surface area (Å²) in [7, 11) is 0. The van der Waals surface area contributed by atoms with Crippen LogP contribution in [0.3, 0.4) is 0 Å². The topological polar surface area (TPSA) is 61.4 Å². The number of benzene rings is 1. The van der Waals surface area contributed by atoms with E-state index in [9.17, 15) is 9.59 Å². The molecule has 0 aliphatic carbocycles. The number of likely N-dealkylation sites (tertiary alicyclic amines) is 1. The number of rotatable bonds is 9. The Bertz CT molecular complexity index is 738. The first kappa shape index (κ1) is 20.6. The molecule has 1 saturated heterocycles. The summed E-state index contributed by atoms with van der Waals surface area (Å²) in [6, 6.07) is 10.3. The van der Waals surface area contributed by atoms with Gasteiger partial charge in [-0.1, -0.05) is 30.7 Å². The number of hydrogen-bond donors (Lipinski definition) is 2. The van der Waals surface area contributed by atoms with Crippen molar-refractivity contribution in [2.75, 3.05) is 19.6 Å². The SMILES string of the molecule is O=C(CCCNC(=O)c1ccsc1)NCc1ccc(CN2CCCCC2)cc1. The van der Waals surface area contributed by atoms with Crippen LogP contribution < -0.4 is 10.6 Å². The molecule has 1 aromatic carbocycles. The van der Waals surface area contributed by atoms with Crippen LogP contribution in [-0.4, -0.2) is 36.3 Å². The predicted octanol–water partition coefficient (Wildman–Crippen LogP) is 3.56. The highest BCUT2D eigenvalue weighted by Crippen LogP contribution is 2.13. The number of carbonyl (C=O) groups is 2.